The molecule has 5 nitrogen and oxygen atoms in total. The number of hydrogen-bond donors (Lipinski definition) is 0. The zero-order valence-corrected chi connectivity index (χ0v) is 16.5. The Morgan fingerprint density at radius 3 is 2.79 bits per heavy atom. The first-order chi connectivity index (χ1) is 13.5. The van der Waals surface area contributed by atoms with Crippen molar-refractivity contribution in [3.05, 3.63) is 53.5 Å². The molecule has 1 aliphatic carbocycles. The van der Waals surface area contributed by atoms with E-state index < -0.39 is 0 Å². The van der Waals surface area contributed by atoms with E-state index in [0.717, 1.165) is 24.2 Å². The SMILES string of the molecule is COC(=O)[C@@H](C)Cc1cccc(OCC2CC(c3cc(OC)ncc3F)C2)c1. The first kappa shape index (κ1) is 20.1. The van der Waals surface area contributed by atoms with Crippen LogP contribution in [0.5, 0.6) is 11.6 Å². The van der Waals surface area contributed by atoms with Gasteiger partial charge in [-0.05, 0) is 54.4 Å². The minimum atomic E-state index is -0.280. The van der Waals surface area contributed by atoms with Crippen molar-refractivity contribution in [3.63, 3.8) is 0 Å². The molecule has 0 unspecified atom stereocenters. The lowest BCUT2D eigenvalue weighted by Gasteiger charge is -2.35. The molecule has 0 N–H and O–H groups in total. The highest BCUT2D eigenvalue weighted by Gasteiger charge is 2.33. The predicted molar refractivity (Wildman–Crippen MR) is 103 cm³/mol. The molecule has 1 aromatic heterocycles. The topological polar surface area (TPSA) is 57.7 Å². The summed E-state index contributed by atoms with van der Waals surface area (Å²) in [5.41, 5.74) is 1.70. The monoisotopic (exact) mass is 387 g/mol. The fourth-order valence-electron chi connectivity index (χ4n) is 3.60. The maximum atomic E-state index is 14.0. The third kappa shape index (κ3) is 4.80. The van der Waals surface area contributed by atoms with Crippen LogP contribution >= 0.6 is 0 Å². The normalized spacial score (nSPS) is 19.4. The molecule has 1 saturated carbocycles. The van der Waals surface area contributed by atoms with E-state index in [2.05, 4.69) is 4.98 Å². The highest BCUT2D eigenvalue weighted by Crippen LogP contribution is 2.43. The summed E-state index contributed by atoms with van der Waals surface area (Å²) >= 11 is 0. The number of ether oxygens (including phenoxy) is 3. The lowest BCUT2D eigenvalue weighted by atomic mass is 9.72. The zero-order valence-electron chi connectivity index (χ0n) is 16.5. The molecule has 0 aliphatic heterocycles. The smallest absolute Gasteiger partial charge is 0.308 e. The van der Waals surface area contributed by atoms with Gasteiger partial charge in [-0.2, -0.15) is 0 Å². The Bertz CT molecular complexity index is 820. The van der Waals surface area contributed by atoms with Gasteiger partial charge in [0.2, 0.25) is 5.88 Å². The summed E-state index contributed by atoms with van der Waals surface area (Å²) < 4.78 is 29.8. The van der Waals surface area contributed by atoms with Crippen LogP contribution in [-0.4, -0.2) is 31.8 Å². The van der Waals surface area contributed by atoms with Gasteiger partial charge in [-0.1, -0.05) is 19.1 Å². The van der Waals surface area contributed by atoms with Gasteiger partial charge in [-0.3, -0.25) is 4.79 Å². The van der Waals surface area contributed by atoms with Gasteiger partial charge in [0.1, 0.15) is 11.6 Å². The highest BCUT2D eigenvalue weighted by molar-refractivity contribution is 5.72. The lowest BCUT2D eigenvalue weighted by molar-refractivity contribution is -0.144. The van der Waals surface area contributed by atoms with Crippen molar-refractivity contribution in [2.75, 3.05) is 20.8 Å². The molecule has 3 rings (SSSR count). The van der Waals surface area contributed by atoms with Crippen LogP contribution in [0.4, 0.5) is 4.39 Å². The Kier molecular flexibility index (Phi) is 6.49. The number of pyridine rings is 1. The summed E-state index contributed by atoms with van der Waals surface area (Å²) in [6.45, 7) is 2.44. The summed E-state index contributed by atoms with van der Waals surface area (Å²) in [5.74, 6) is 1.10. The van der Waals surface area contributed by atoms with E-state index in [1.807, 2.05) is 31.2 Å². The fourth-order valence-corrected chi connectivity index (χ4v) is 3.60. The molecule has 0 spiro atoms. The van der Waals surface area contributed by atoms with E-state index in [1.165, 1.54) is 20.4 Å². The van der Waals surface area contributed by atoms with Crippen molar-refractivity contribution in [1.82, 2.24) is 4.98 Å². The maximum absolute atomic E-state index is 14.0. The van der Waals surface area contributed by atoms with Crippen LogP contribution in [0.25, 0.3) is 0 Å². The van der Waals surface area contributed by atoms with Gasteiger partial charge in [0.25, 0.3) is 0 Å². The number of rotatable bonds is 8. The van der Waals surface area contributed by atoms with Gasteiger partial charge in [0.15, 0.2) is 0 Å². The summed E-state index contributed by atoms with van der Waals surface area (Å²) in [4.78, 5) is 15.5. The fraction of sp³-hybridized carbons (Fsp3) is 0.455. The van der Waals surface area contributed by atoms with Gasteiger partial charge in [-0.15, -0.1) is 0 Å². The van der Waals surface area contributed by atoms with Gasteiger partial charge in [0, 0.05) is 6.07 Å². The van der Waals surface area contributed by atoms with Crippen molar-refractivity contribution in [1.29, 1.82) is 0 Å². The van der Waals surface area contributed by atoms with Crippen LogP contribution in [0.2, 0.25) is 0 Å². The van der Waals surface area contributed by atoms with Crippen LogP contribution in [0, 0.1) is 17.7 Å². The van der Waals surface area contributed by atoms with Gasteiger partial charge < -0.3 is 14.2 Å². The molecular formula is C22H26FNO4. The van der Waals surface area contributed by atoms with Crippen LogP contribution in [0.1, 0.15) is 36.8 Å². The Hall–Kier alpha value is -2.63. The van der Waals surface area contributed by atoms with E-state index in [0.29, 0.717) is 30.4 Å². The molecular weight excluding hydrogens is 361 g/mol. The second-order valence-corrected chi connectivity index (χ2v) is 7.37. The van der Waals surface area contributed by atoms with Crippen LogP contribution in [0.3, 0.4) is 0 Å². The number of esters is 1. The first-order valence-electron chi connectivity index (χ1n) is 9.49. The number of benzene rings is 1. The summed E-state index contributed by atoms with van der Waals surface area (Å²) in [7, 11) is 2.93. The number of aromatic nitrogens is 1. The number of methoxy groups -OCH3 is 2. The quantitative estimate of drug-likeness (QED) is 0.637. The molecule has 0 amide bonds. The van der Waals surface area contributed by atoms with E-state index in [9.17, 15) is 9.18 Å². The van der Waals surface area contributed by atoms with E-state index >= 15 is 0 Å². The molecule has 1 fully saturated rings. The van der Waals surface area contributed by atoms with Crippen molar-refractivity contribution < 1.29 is 23.4 Å². The standard InChI is InChI=1S/C22H26FNO4/c1-14(22(25)27-3)7-15-5-4-6-18(10-15)28-13-16-8-17(9-16)19-11-21(26-2)24-12-20(19)23/h4-6,10-12,14,16-17H,7-9,13H2,1-3H3/t14-,16?,17?/m0/s1. The van der Waals surface area contributed by atoms with Gasteiger partial charge in [0.05, 0.1) is 32.9 Å². The Labute approximate surface area is 164 Å². The number of carbonyl (C=O) groups is 1. The van der Waals surface area contributed by atoms with Crippen LogP contribution in [-0.2, 0) is 16.0 Å². The number of halogens is 1. The Morgan fingerprint density at radius 2 is 2.07 bits per heavy atom. The van der Waals surface area contributed by atoms with Crippen molar-refractivity contribution in [2.45, 2.75) is 32.1 Å². The van der Waals surface area contributed by atoms with E-state index in [4.69, 9.17) is 14.2 Å². The van der Waals surface area contributed by atoms with Gasteiger partial charge in [-0.25, -0.2) is 9.37 Å². The van der Waals surface area contributed by atoms with E-state index in [1.54, 1.807) is 6.07 Å². The molecule has 1 aromatic carbocycles. The molecule has 1 aliphatic rings. The number of carbonyl (C=O) groups excluding carboxylic acids is 1. The molecule has 150 valence electrons. The summed E-state index contributed by atoms with van der Waals surface area (Å²) in [6.07, 6.45) is 3.59. The van der Waals surface area contributed by atoms with E-state index in [-0.39, 0.29) is 23.6 Å². The molecule has 1 heterocycles. The van der Waals surface area contributed by atoms with Crippen molar-refractivity contribution in [3.8, 4) is 11.6 Å². The average molecular weight is 387 g/mol. The van der Waals surface area contributed by atoms with Crippen LogP contribution < -0.4 is 9.47 Å². The second-order valence-electron chi connectivity index (χ2n) is 7.37. The highest BCUT2D eigenvalue weighted by atomic mass is 19.1. The van der Waals surface area contributed by atoms with Crippen LogP contribution in [0.15, 0.2) is 36.5 Å². The molecule has 0 bridgehead atoms. The molecule has 0 saturated heterocycles. The minimum absolute atomic E-state index is 0.178. The second kappa shape index (κ2) is 9.04. The van der Waals surface area contributed by atoms with Crippen molar-refractivity contribution >= 4 is 5.97 Å². The average Bonchev–Trinajstić information content (AvgIpc) is 2.67. The third-order valence-electron chi connectivity index (χ3n) is 5.27. The first-order valence-corrected chi connectivity index (χ1v) is 9.49. The lowest BCUT2D eigenvalue weighted by Crippen LogP contribution is -2.28. The number of hydrogen-bond acceptors (Lipinski definition) is 5. The predicted octanol–water partition coefficient (Wildman–Crippen LogP) is 4.15. The molecule has 2 aromatic rings. The maximum Gasteiger partial charge on any atom is 0.308 e. The molecule has 28 heavy (non-hydrogen) atoms. The minimum Gasteiger partial charge on any atom is -0.493 e. The Morgan fingerprint density at radius 1 is 1.29 bits per heavy atom. The molecule has 0 radical (unpaired) electrons. The Balaban J connectivity index is 1.50. The van der Waals surface area contributed by atoms with Crippen molar-refractivity contribution in [2.24, 2.45) is 11.8 Å². The van der Waals surface area contributed by atoms with Gasteiger partial charge >= 0.3 is 5.97 Å². The molecule has 1 atom stereocenters. The molecule has 6 heteroatoms. The summed E-state index contributed by atoms with van der Waals surface area (Å²) in [6, 6.07) is 9.46. The summed E-state index contributed by atoms with van der Waals surface area (Å²) in [5, 5.41) is 0. The zero-order chi connectivity index (χ0) is 20.1. The number of nitrogens with zero attached hydrogens (tertiary/aromatic N) is 1. The largest absolute Gasteiger partial charge is 0.493 e. The third-order valence-corrected chi connectivity index (χ3v) is 5.27.